The number of amides is 2. The van der Waals surface area contributed by atoms with E-state index >= 15 is 0 Å². The van der Waals surface area contributed by atoms with Crippen LogP contribution in [-0.4, -0.2) is 66.4 Å². The van der Waals surface area contributed by atoms with Gasteiger partial charge in [0.25, 0.3) is 0 Å². The van der Waals surface area contributed by atoms with Gasteiger partial charge in [-0.1, -0.05) is 22.0 Å². The van der Waals surface area contributed by atoms with E-state index in [1.54, 1.807) is 11.1 Å². The number of benzene rings is 1. The number of aromatic amines is 1. The van der Waals surface area contributed by atoms with Crippen molar-refractivity contribution >= 4 is 27.9 Å². The Hall–Kier alpha value is -2.85. The van der Waals surface area contributed by atoms with Crippen LogP contribution in [0.5, 0.6) is 5.75 Å². The summed E-state index contributed by atoms with van der Waals surface area (Å²) in [6, 6.07) is 4.75. The fourth-order valence-electron chi connectivity index (χ4n) is 3.90. The Morgan fingerprint density at radius 3 is 3.03 bits per heavy atom. The van der Waals surface area contributed by atoms with Crippen molar-refractivity contribution in [2.24, 2.45) is 0 Å². The van der Waals surface area contributed by atoms with E-state index in [4.69, 9.17) is 9.47 Å². The molecule has 0 radical (unpaired) electrons. The van der Waals surface area contributed by atoms with Crippen molar-refractivity contribution in [2.75, 3.05) is 33.5 Å². The van der Waals surface area contributed by atoms with Crippen LogP contribution in [-0.2, 0) is 14.3 Å². The van der Waals surface area contributed by atoms with Gasteiger partial charge in [0.1, 0.15) is 24.2 Å². The average molecular weight is 505 g/mol. The van der Waals surface area contributed by atoms with Crippen LogP contribution in [0.2, 0.25) is 0 Å². The van der Waals surface area contributed by atoms with Crippen molar-refractivity contribution in [1.29, 1.82) is 0 Å². The first-order valence-electron chi connectivity index (χ1n) is 10.4. The van der Waals surface area contributed by atoms with Crippen molar-refractivity contribution in [3.63, 3.8) is 0 Å². The third kappa shape index (κ3) is 4.97. The molecule has 4 rings (SSSR count). The molecule has 2 N–H and O–H groups in total. The second kappa shape index (κ2) is 10.2. The number of imidazole rings is 1. The topological polar surface area (TPSA) is 106 Å². The van der Waals surface area contributed by atoms with E-state index in [2.05, 4.69) is 36.0 Å². The lowest BCUT2D eigenvalue weighted by Gasteiger charge is -2.28. The molecule has 1 fully saturated rings. The molecule has 2 amide bonds. The van der Waals surface area contributed by atoms with Gasteiger partial charge in [0.15, 0.2) is 0 Å². The molecule has 2 aromatic rings. The van der Waals surface area contributed by atoms with Crippen molar-refractivity contribution in [3.05, 3.63) is 46.8 Å². The van der Waals surface area contributed by atoms with E-state index in [0.717, 1.165) is 28.6 Å². The number of carbonyl (C=O) groups excluding carboxylic acids is 2. The molecule has 0 aliphatic carbocycles. The first-order valence-corrected chi connectivity index (χ1v) is 11.2. The van der Waals surface area contributed by atoms with Gasteiger partial charge < -0.3 is 29.4 Å². The van der Waals surface area contributed by atoms with Gasteiger partial charge in [0.05, 0.1) is 38.3 Å². The zero-order valence-corrected chi connectivity index (χ0v) is 19.3. The molecule has 9 nitrogen and oxygen atoms in total. The maximum Gasteiger partial charge on any atom is 0.407 e. The molecular weight excluding hydrogens is 480 g/mol. The Kier molecular flexibility index (Phi) is 7.11. The Labute approximate surface area is 194 Å². The van der Waals surface area contributed by atoms with Gasteiger partial charge in [0, 0.05) is 16.6 Å². The first kappa shape index (κ1) is 22.3. The highest BCUT2D eigenvalue weighted by molar-refractivity contribution is 9.10. The summed E-state index contributed by atoms with van der Waals surface area (Å²) in [5, 5.41) is 2.59. The lowest BCUT2D eigenvalue weighted by atomic mass is 10.1. The fraction of sp³-hybridized carbons (Fsp3) is 0.409. The molecule has 10 heteroatoms. The second-order valence-electron chi connectivity index (χ2n) is 7.52. The molecule has 1 aromatic carbocycles. The van der Waals surface area contributed by atoms with Crippen LogP contribution in [0.15, 0.2) is 41.0 Å². The number of hydrogen-bond acceptors (Lipinski definition) is 6. The number of methoxy groups -OCH3 is 1. The summed E-state index contributed by atoms with van der Waals surface area (Å²) in [4.78, 5) is 34.8. The maximum atomic E-state index is 13.3. The normalized spacial score (nSPS) is 21.4. The fourth-order valence-corrected chi connectivity index (χ4v) is 4.24. The average Bonchev–Trinajstić information content (AvgIpc) is 3.46. The number of ether oxygens (including phenoxy) is 3. The van der Waals surface area contributed by atoms with E-state index in [-0.39, 0.29) is 25.2 Å². The summed E-state index contributed by atoms with van der Waals surface area (Å²) in [5.74, 6) is 1.19. The smallest absolute Gasteiger partial charge is 0.407 e. The third-order valence-corrected chi connectivity index (χ3v) is 5.95. The van der Waals surface area contributed by atoms with Gasteiger partial charge in [-0.05, 0) is 37.1 Å². The van der Waals surface area contributed by atoms with Crippen LogP contribution < -0.4 is 10.1 Å². The van der Waals surface area contributed by atoms with Crippen LogP contribution in [0, 0.1) is 0 Å². The molecular formula is C22H25BrN4O5. The van der Waals surface area contributed by atoms with Gasteiger partial charge in [-0.25, -0.2) is 9.78 Å². The molecule has 0 spiro atoms. The monoisotopic (exact) mass is 504 g/mol. The van der Waals surface area contributed by atoms with Crippen LogP contribution in [0.25, 0.3) is 11.3 Å². The standard InChI is InChI=1S/C22H25BrN4O5/c1-30-22(29)26-17-13-31-9-2-3-10-32-19-11-14(23)6-7-15(19)16-12-24-20(25-16)18-5-4-8-27(18)21(17)28/h2-3,6-7,11-12,17-18H,4-5,8-10,13H2,1H3,(H,24,25)(H,26,29)/t17-,18?/m0/s1. The predicted octanol–water partition coefficient (Wildman–Crippen LogP) is 3.19. The highest BCUT2D eigenvalue weighted by Gasteiger charge is 2.36. The SMILES string of the molecule is COC(=O)N[C@H]1COCC=CCOc2cc(Br)ccc2-c2cnc([nH]2)C2CCCN2C1=O. The van der Waals surface area contributed by atoms with Gasteiger partial charge in [-0.15, -0.1) is 0 Å². The second-order valence-corrected chi connectivity index (χ2v) is 8.44. The molecule has 1 unspecified atom stereocenters. The van der Waals surface area contributed by atoms with Crippen LogP contribution in [0.4, 0.5) is 4.79 Å². The Bertz CT molecular complexity index is 1010. The highest BCUT2D eigenvalue weighted by atomic mass is 79.9. The van der Waals surface area contributed by atoms with E-state index in [0.29, 0.717) is 24.7 Å². The van der Waals surface area contributed by atoms with Gasteiger partial charge in [-0.3, -0.25) is 4.79 Å². The molecule has 2 atom stereocenters. The van der Waals surface area contributed by atoms with Crippen molar-refractivity contribution < 1.29 is 23.8 Å². The Morgan fingerprint density at radius 2 is 2.19 bits per heavy atom. The zero-order chi connectivity index (χ0) is 22.5. The van der Waals surface area contributed by atoms with E-state index in [9.17, 15) is 9.59 Å². The first-order chi connectivity index (χ1) is 15.6. The van der Waals surface area contributed by atoms with Crippen LogP contribution >= 0.6 is 15.9 Å². The summed E-state index contributed by atoms with van der Waals surface area (Å²) < 4.78 is 17.2. The highest BCUT2D eigenvalue weighted by Crippen LogP contribution is 2.35. The quantitative estimate of drug-likeness (QED) is 0.577. The van der Waals surface area contributed by atoms with Gasteiger partial charge >= 0.3 is 6.09 Å². The molecule has 1 aromatic heterocycles. The maximum absolute atomic E-state index is 13.3. The molecule has 1 saturated heterocycles. The number of nitrogens with zero attached hydrogens (tertiary/aromatic N) is 2. The Balaban J connectivity index is 1.67. The number of alkyl carbamates (subject to hydrolysis) is 1. The zero-order valence-electron chi connectivity index (χ0n) is 17.7. The summed E-state index contributed by atoms with van der Waals surface area (Å²) in [7, 11) is 1.26. The van der Waals surface area contributed by atoms with Crippen LogP contribution in [0.1, 0.15) is 24.7 Å². The molecule has 0 saturated carbocycles. The summed E-state index contributed by atoms with van der Waals surface area (Å²) in [5.41, 5.74) is 1.69. The number of halogens is 1. The number of H-pyrrole nitrogens is 1. The number of hydrogen-bond donors (Lipinski definition) is 2. The molecule has 2 aliphatic heterocycles. The van der Waals surface area contributed by atoms with Gasteiger partial charge in [0.2, 0.25) is 5.91 Å². The lowest BCUT2D eigenvalue weighted by Crippen LogP contribution is -2.50. The molecule has 3 heterocycles. The predicted molar refractivity (Wildman–Crippen MR) is 120 cm³/mol. The summed E-state index contributed by atoms with van der Waals surface area (Å²) in [6.45, 7) is 1.24. The summed E-state index contributed by atoms with van der Waals surface area (Å²) >= 11 is 3.49. The van der Waals surface area contributed by atoms with E-state index in [1.807, 2.05) is 30.4 Å². The van der Waals surface area contributed by atoms with E-state index in [1.165, 1.54) is 7.11 Å². The molecule has 32 heavy (non-hydrogen) atoms. The minimum absolute atomic E-state index is 0.0293. The largest absolute Gasteiger partial charge is 0.489 e. The number of carbonyl (C=O) groups is 2. The molecule has 170 valence electrons. The molecule has 2 bridgehead atoms. The number of nitrogens with one attached hydrogen (secondary N) is 2. The lowest BCUT2D eigenvalue weighted by molar-refractivity contribution is -0.135. The van der Waals surface area contributed by atoms with Gasteiger partial charge in [-0.2, -0.15) is 0 Å². The number of fused-ring (bicyclic) bond motifs is 6. The molecule has 2 aliphatic rings. The minimum Gasteiger partial charge on any atom is -0.489 e. The van der Waals surface area contributed by atoms with E-state index < -0.39 is 12.1 Å². The third-order valence-electron chi connectivity index (χ3n) is 5.46. The van der Waals surface area contributed by atoms with Crippen molar-refractivity contribution in [1.82, 2.24) is 20.2 Å². The minimum atomic E-state index is -0.854. The van der Waals surface area contributed by atoms with Crippen LogP contribution in [0.3, 0.4) is 0 Å². The summed E-state index contributed by atoms with van der Waals surface area (Å²) in [6.07, 6.45) is 6.36. The van der Waals surface area contributed by atoms with Crippen molar-refractivity contribution in [2.45, 2.75) is 24.9 Å². The number of rotatable bonds is 1. The Morgan fingerprint density at radius 1 is 1.34 bits per heavy atom. The van der Waals surface area contributed by atoms with Crippen molar-refractivity contribution in [3.8, 4) is 17.0 Å². The number of aromatic nitrogens is 2.